The lowest BCUT2D eigenvalue weighted by molar-refractivity contribution is -0.113. The van der Waals surface area contributed by atoms with Crippen LogP contribution < -0.4 is 5.32 Å². The van der Waals surface area contributed by atoms with Gasteiger partial charge in [-0.25, -0.2) is 13.4 Å². The Labute approximate surface area is 158 Å². The molecular formula is C16H12Cl2N2O3S2. The van der Waals surface area contributed by atoms with Crippen molar-refractivity contribution in [2.75, 3.05) is 11.1 Å². The van der Waals surface area contributed by atoms with Crippen molar-refractivity contribution < 1.29 is 13.2 Å². The van der Waals surface area contributed by atoms with Crippen LogP contribution in [0.5, 0.6) is 0 Å². The van der Waals surface area contributed by atoms with Gasteiger partial charge in [-0.3, -0.25) is 4.79 Å². The summed E-state index contributed by atoms with van der Waals surface area (Å²) in [6.45, 7) is 1.85. The smallest absolute Gasteiger partial charge is 0.241 e. The summed E-state index contributed by atoms with van der Waals surface area (Å²) < 4.78 is 25.3. The quantitative estimate of drug-likeness (QED) is 0.689. The van der Waals surface area contributed by atoms with Gasteiger partial charge in [0.2, 0.25) is 5.91 Å². The number of hydrogen-bond acceptors (Lipinski definition) is 5. The maximum atomic E-state index is 12.3. The zero-order valence-electron chi connectivity index (χ0n) is 12.9. The lowest BCUT2D eigenvalue weighted by Gasteiger charge is -2.04. The van der Waals surface area contributed by atoms with Crippen molar-refractivity contribution in [3.8, 4) is 0 Å². The molecule has 25 heavy (non-hydrogen) atoms. The van der Waals surface area contributed by atoms with Gasteiger partial charge in [0.05, 0.1) is 19.6 Å². The average Bonchev–Trinajstić information content (AvgIpc) is 2.94. The summed E-state index contributed by atoms with van der Waals surface area (Å²) in [7, 11) is -3.72. The molecule has 1 amide bonds. The first kappa shape index (κ1) is 18.1. The summed E-state index contributed by atoms with van der Waals surface area (Å²) in [6, 6.07) is 9.71. The zero-order valence-corrected chi connectivity index (χ0v) is 16.1. The van der Waals surface area contributed by atoms with Crippen molar-refractivity contribution in [2.24, 2.45) is 0 Å². The van der Waals surface area contributed by atoms with Crippen LogP contribution in [0, 0.1) is 6.92 Å². The third-order valence-corrected chi connectivity index (χ3v) is 6.76. The number of anilines is 1. The first-order valence-electron chi connectivity index (χ1n) is 7.10. The Kier molecular flexibility index (Phi) is 5.02. The number of aryl methyl sites for hydroxylation is 1. The molecule has 1 heterocycles. The largest absolute Gasteiger partial charge is 0.301 e. The van der Waals surface area contributed by atoms with Gasteiger partial charge in [0.25, 0.3) is 0 Å². The molecule has 0 atom stereocenters. The number of rotatable bonds is 4. The van der Waals surface area contributed by atoms with E-state index in [-0.39, 0.29) is 10.0 Å². The van der Waals surface area contributed by atoms with E-state index in [1.54, 1.807) is 24.3 Å². The minimum Gasteiger partial charge on any atom is -0.301 e. The lowest BCUT2D eigenvalue weighted by atomic mass is 10.2. The molecule has 130 valence electrons. The fourth-order valence-electron chi connectivity index (χ4n) is 2.15. The van der Waals surface area contributed by atoms with E-state index in [9.17, 15) is 13.2 Å². The van der Waals surface area contributed by atoms with Crippen LogP contribution in [0.2, 0.25) is 10.0 Å². The average molecular weight is 415 g/mol. The Morgan fingerprint density at radius 2 is 1.84 bits per heavy atom. The highest BCUT2D eigenvalue weighted by molar-refractivity contribution is 7.92. The topological polar surface area (TPSA) is 76.1 Å². The van der Waals surface area contributed by atoms with E-state index >= 15 is 0 Å². The van der Waals surface area contributed by atoms with Crippen LogP contribution in [-0.2, 0) is 14.6 Å². The van der Waals surface area contributed by atoms with E-state index in [1.165, 1.54) is 23.5 Å². The molecule has 0 bridgehead atoms. The van der Waals surface area contributed by atoms with Gasteiger partial charge in [-0.1, -0.05) is 52.2 Å². The number of carbonyl (C=O) groups is 1. The molecule has 5 nitrogen and oxygen atoms in total. The van der Waals surface area contributed by atoms with Crippen molar-refractivity contribution >= 4 is 65.6 Å². The number of sulfone groups is 1. The molecule has 1 N–H and O–H groups in total. The molecule has 0 spiro atoms. The van der Waals surface area contributed by atoms with E-state index in [0.717, 1.165) is 10.3 Å². The van der Waals surface area contributed by atoms with Crippen molar-refractivity contribution in [2.45, 2.75) is 11.8 Å². The van der Waals surface area contributed by atoms with Gasteiger partial charge >= 0.3 is 0 Å². The van der Waals surface area contributed by atoms with Crippen molar-refractivity contribution in [1.29, 1.82) is 0 Å². The summed E-state index contributed by atoms with van der Waals surface area (Å²) in [6.07, 6.45) is 0. The SMILES string of the molecule is Cc1ccc(S(=O)(=O)CC(=O)Nc2nc3c(Cl)c(Cl)ccc3s2)cc1. The standard InChI is InChI=1S/C16H12Cl2N2O3S2/c1-9-2-4-10(5-3-9)25(22,23)8-13(21)19-16-20-15-12(24-16)7-6-11(17)14(15)18/h2-7H,8H2,1H3,(H,19,20,21). The lowest BCUT2D eigenvalue weighted by Crippen LogP contribution is -2.22. The minimum atomic E-state index is -3.72. The maximum Gasteiger partial charge on any atom is 0.241 e. The van der Waals surface area contributed by atoms with Crippen LogP contribution in [0.3, 0.4) is 0 Å². The predicted octanol–water partition coefficient (Wildman–Crippen LogP) is 4.32. The van der Waals surface area contributed by atoms with Crippen LogP contribution in [0.4, 0.5) is 5.13 Å². The zero-order chi connectivity index (χ0) is 18.2. The fourth-order valence-corrected chi connectivity index (χ4v) is 4.59. The second kappa shape index (κ2) is 6.92. The molecule has 0 saturated carbocycles. The van der Waals surface area contributed by atoms with Crippen LogP contribution in [0.15, 0.2) is 41.3 Å². The summed E-state index contributed by atoms with van der Waals surface area (Å²) in [5, 5.41) is 3.42. The van der Waals surface area contributed by atoms with Crippen LogP contribution in [0.1, 0.15) is 5.56 Å². The highest BCUT2D eigenvalue weighted by Crippen LogP contribution is 2.35. The molecule has 0 unspecified atom stereocenters. The molecular weight excluding hydrogens is 403 g/mol. The fraction of sp³-hybridized carbons (Fsp3) is 0.125. The van der Waals surface area contributed by atoms with E-state index in [1.807, 2.05) is 6.92 Å². The molecule has 1 aromatic heterocycles. The number of hydrogen-bond donors (Lipinski definition) is 1. The minimum absolute atomic E-state index is 0.104. The third-order valence-electron chi connectivity index (χ3n) is 3.40. The molecule has 3 rings (SSSR count). The highest BCUT2D eigenvalue weighted by atomic mass is 35.5. The number of amides is 1. The van der Waals surface area contributed by atoms with Gasteiger partial charge in [0.15, 0.2) is 15.0 Å². The molecule has 3 aromatic rings. The third kappa shape index (κ3) is 3.95. The van der Waals surface area contributed by atoms with Crippen LogP contribution in [0.25, 0.3) is 10.2 Å². The molecule has 0 aliphatic carbocycles. The van der Waals surface area contributed by atoms with E-state index in [4.69, 9.17) is 23.2 Å². The molecule has 2 aromatic carbocycles. The second-order valence-electron chi connectivity index (χ2n) is 5.35. The van der Waals surface area contributed by atoms with Gasteiger partial charge in [0.1, 0.15) is 11.3 Å². The number of aromatic nitrogens is 1. The Morgan fingerprint density at radius 1 is 1.16 bits per heavy atom. The first-order valence-corrected chi connectivity index (χ1v) is 10.3. The number of fused-ring (bicyclic) bond motifs is 1. The summed E-state index contributed by atoms with van der Waals surface area (Å²) in [5.74, 6) is -1.33. The van der Waals surface area contributed by atoms with Crippen molar-refractivity contribution in [3.63, 3.8) is 0 Å². The molecule has 0 fully saturated rings. The van der Waals surface area contributed by atoms with Gasteiger partial charge in [-0.05, 0) is 31.2 Å². The Hall–Kier alpha value is -1.67. The molecule has 9 heteroatoms. The Bertz CT molecular complexity index is 1060. The summed E-state index contributed by atoms with van der Waals surface area (Å²) in [5.41, 5.74) is 1.41. The number of benzene rings is 2. The van der Waals surface area contributed by atoms with Gasteiger partial charge < -0.3 is 5.32 Å². The molecule has 0 radical (unpaired) electrons. The number of thiazole rings is 1. The molecule has 0 aliphatic rings. The van der Waals surface area contributed by atoms with Crippen molar-refractivity contribution in [3.05, 3.63) is 52.0 Å². The van der Waals surface area contributed by atoms with E-state index in [2.05, 4.69) is 10.3 Å². The predicted molar refractivity (Wildman–Crippen MR) is 102 cm³/mol. The van der Waals surface area contributed by atoms with E-state index in [0.29, 0.717) is 15.6 Å². The Morgan fingerprint density at radius 3 is 2.52 bits per heavy atom. The van der Waals surface area contributed by atoms with Gasteiger partial charge in [-0.2, -0.15) is 0 Å². The summed E-state index contributed by atoms with van der Waals surface area (Å²) >= 11 is 13.2. The number of carbonyl (C=O) groups excluding carboxylic acids is 1. The van der Waals surface area contributed by atoms with Gasteiger partial charge in [-0.15, -0.1) is 0 Å². The Balaban J connectivity index is 1.78. The van der Waals surface area contributed by atoms with Crippen LogP contribution in [-0.4, -0.2) is 25.1 Å². The number of halogens is 2. The van der Waals surface area contributed by atoms with Gasteiger partial charge in [0, 0.05) is 0 Å². The maximum absolute atomic E-state index is 12.3. The normalized spacial score (nSPS) is 11.6. The first-order chi connectivity index (χ1) is 11.8. The van der Waals surface area contributed by atoms with Crippen molar-refractivity contribution in [1.82, 2.24) is 4.98 Å². The molecule has 0 aliphatic heterocycles. The monoisotopic (exact) mass is 414 g/mol. The number of nitrogens with one attached hydrogen (secondary N) is 1. The number of nitrogens with zero attached hydrogens (tertiary/aromatic N) is 1. The second-order valence-corrected chi connectivity index (χ2v) is 9.15. The molecule has 0 saturated heterocycles. The highest BCUT2D eigenvalue weighted by Gasteiger charge is 2.20. The van der Waals surface area contributed by atoms with E-state index < -0.39 is 21.5 Å². The summed E-state index contributed by atoms with van der Waals surface area (Å²) in [4.78, 5) is 16.4. The van der Waals surface area contributed by atoms with Crippen LogP contribution >= 0.6 is 34.5 Å².